The molecule has 0 unspecified atom stereocenters. The Bertz CT molecular complexity index is 1200. The molecule has 7 nitrogen and oxygen atoms in total. The summed E-state index contributed by atoms with van der Waals surface area (Å²) in [5.74, 6) is -0.276. The Balaban J connectivity index is 1.66. The van der Waals surface area contributed by atoms with Crippen LogP contribution in [0, 0.1) is 5.92 Å². The number of amides is 1. The highest BCUT2D eigenvalue weighted by molar-refractivity contribution is 7.18. The zero-order chi connectivity index (χ0) is 24.7. The Hall–Kier alpha value is -2.63. The number of aliphatic hydroxyl groups is 2. The molecule has 1 saturated carbocycles. The van der Waals surface area contributed by atoms with Crippen LogP contribution in [0.15, 0.2) is 24.3 Å². The first-order valence-electron chi connectivity index (χ1n) is 11.0. The van der Waals surface area contributed by atoms with Gasteiger partial charge in [-0.2, -0.15) is 13.2 Å². The van der Waals surface area contributed by atoms with E-state index in [4.69, 9.17) is 0 Å². The van der Waals surface area contributed by atoms with Crippen LogP contribution in [0.4, 0.5) is 18.9 Å². The van der Waals surface area contributed by atoms with E-state index in [1.807, 2.05) is 0 Å². The molecule has 0 aliphatic heterocycles. The molecule has 0 radical (unpaired) electrons. The number of nitrogens with one attached hydrogen (secondary N) is 1. The number of carbonyl (C=O) groups excluding carboxylic acids is 1. The standard InChI is InChI=1S/C23H25F3N4O3S/c1-22(2,33)18-15(28-20(32)14-4-3-5-17(27-14)23(24,25)26)10-16-19(29-18)30-21(34-16)13-8-6-12(11-31)7-9-13/h3-5,10,12-13,31,33H,6-9,11H2,1-2H3,(H,28,32). The highest BCUT2D eigenvalue weighted by atomic mass is 32.1. The van der Waals surface area contributed by atoms with Crippen LogP contribution in [0.25, 0.3) is 10.3 Å². The maximum absolute atomic E-state index is 13.0. The first-order chi connectivity index (χ1) is 16.0. The summed E-state index contributed by atoms with van der Waals surface area (Å²) in [7, 11) is 0. The first kappa shape index (κ1) is 24.5. The highest BCUT2D eigenvalue weighted by Crippen LogP contribution is 2.40. The van der Waals surface area contributed by atoms with E-state index in [1.165, 1.54) is 31.3 Å². The van der Waals surface area contributed by atoms with E-state index in [0.29, 0.717) is 16.3 Å². The third kappa shape index (κ3) is 5.21. The van der Waals surface area contributed by atoms with Crippen molar-refractivity contribution < 1.29 is 28.2 Å². The van der Waals surface area contributed by atoms with Gasteiger partial charge in [-0.05, 0) is 63.6 Å². The molecule has 0 bridgehead atoms. The average Bonchev–Trinajstić information content (AvgIpc) is 3.20. The molecular weight excluding hydrogens is 469 g/mol. The van der Waals surface area contributed by atoms with Gasteiger partial charge < -0.3 is 15.5 Å². The molecule has 1 amide bonds. The third-order valence-electron chi connectivity index (χ3n) is 5.95. The number of alkyl halides is 3. The summed E-state index contributed by atoms with van der Waals surface area (Å²) in [6.45, 7) is 3.19. The Morgan fingerprint density at radius 2 is 1.85 bits per heavy atom. The van der Waals surface area contributed by atoms with Gasteiger partial charge in [0.2, 0.25) is 0 Å². The number of halogens is 3. The van der Waals surface area contributed by atoms with Gasteiger partial charge in [-0.15, -0.1) is 11.3 Å². The number of thiazole rings is 1. The van der Waals surface area contributed by atoms with Gasteiger partial charge in [-0.1, -0.05) is 6.07 Å². The molecule has 3 heterocycles. The Morgan fingerprint density at radius 3 is 2.47 bits per heavy atom. The fourth-order valence-electron chi connectivity index (χ4n) is 4.11. The van der Waals surface area contributed by atoms with Crippen molar-refractivity contribution in [1.82, 2.24) is 15.0 Å². The maximum Gasteiger partial charge on any atom is 0.433 e. The van der Waals surface area contributed by atoms with Gasteiger partial charge in [0.15, 0.2) is 5.65 Å². The molecule has 4 rings (SSSR count). The first-order valence-corrected chi connectivity index (χ1v) is 11.8. The van der Waals surface area contributed by atoms with Gasteiger partial charge in [0.05, 0.1) is 21.1 Å². The van der Waals surface area contributed by atoms with Gasteiger partial charge in [0.25, 0.3) is 5.91 Å². The van der Waals surface area contributed by atoms with Crippen LogP contribution in [0.2, 0.25) is 0 Å². The predicted molar refractivity (Wildman–Crippen MR) is 122 cm³/mol. The van der Waals surface area contributed by atoms with Crippen molar-refractivity contribution in [3.05, 3.63) is 46.4 Å². The molecule has 11 heteroatoms. The molecule has 3 aromatic rings. The monoisotopic (exact) mass is 494 g/mol. The number of fused-ring (bicyclic) bond motifs is 1. The van der Waals surface area contributed by atoms with Crippen molar-refractivity contribution >= 4 is 33.3 Å². The van der Waals surface area contributed by atoms with Gasteiger partial charge >= 0.3 is 6.18 Å². The number of anilines is 1. The number of aliphatic hydroxyl groups excluding tert-OH is 1. The highest BCUT2D eigenvalue weighted by Gasteiger charge is 2.33. The topological polar surface area (TPSA) is 108 Å². The van der Waals surface area contributed by atoms with Crippen LogP contribution in [0.3, 0.4) is 0 Å². The minimum absolute atomic E-state index is 0.154. The molecular formula is C23H25F3N4O3S. The lowest BCUT2D eigenvalue weighted by atomic mass is 9.83. The fourth-order valence-corrected chi connectivity index (χ4v) is 5.23. The lowest BCUT2D eigenvalue weighted by Gasteiger charge is -2.25. The summed E-state index contributed by atoms with van der Waals surface area (Å²) >= 11 is 1.44. The van der Waals surface area contributed by atoms with E-state index in [9.17, 15) is 28.2 Å². The summed E-state index contributed by atoms with van der Waals surface area (Å²) in [6.07, 6.45) is -1.01. The lowest BCUT2D eigenvalue weighted by Crippen LogP contribution is -2.23. The molecule has 1 aliphatic rings. The molecule has 0 spiro atoms. The second kappa shape index (κ2) is 9.20. The third-order valence-corrected chi connectivity index (χ3v) is 7.11. The summed E-state index contributed by atoms with van der Waals surface area (Å²) in [5, 5.41) is 23.5. The van der Waals surface area contributed by atoms with E-state index in [-0.39, 0.29) is 23.9 Å². The van der Waals surface area contributed by atoms with Crippen molar-refractivity contribution in [3.8, 4) is 0 Å². The largest absolute Gasteiger partial charge is 0.433 e. The molecule has 1 aliphatic carbocycles. The SMILES string of the molecule is CC(C)(O)c1nc2nc(C3CCC(CO)CC3)sc2cc1NC(=O)c1cccc(C(F)(F)F)n1. The Kier molecular flexibility index (Phi) is 6.63. The molecule has 0 aromatic carbocycles. The van der Waals surface area contributed by atoms with Gasteiger partial charge in [-0.3, -0.25) is 4.79 Å². The molecule has 182 valence electrons. The zero-order valence-corrected chi connectivity index (χ0v) is 19.5. The molecule has 3 N–H and O–H groups in total. The van der Waals surface area contributed by atoms with E-state index in [1.54, 1.807) is 6.07 Å². The smallest absolute Gasteiger partial charge is 0.396 e. The van der Waals surface area contributed by atoms with E-state index in [2.05, 4.69) is 20.3 Å². The van der Waals surface area contributed by atoms with Gasteiger partial charge in [0.1, 0.15) is 17.0 Å². The van der Waals surface area contributed by atoms with Gasteiger partial charge in [0, 0.05) is 12.5 Å². The number of carbonyl (C=O) groups is 1. The van der Waals surface area contributed by atoms with Crippen molar-refractivity contribution in [2.24, 2.45) is 5.92 Å². The zero-order valence-electron chi connectivity index (χ0n) is 18.7. The van der Waals surface area contributed by atoms with E-state index >= 15 is 0 Å². The maximum atomic E-state index is 13.0. The molecule has 0 atom stereocenters. The number of pyridine rings is 2. The minimum atomic E-state index is -4.68. The normalized spacial score (nSPS) is 19.4. The number of aromatic nitrogens is 3. The quantitative estimate of drug-likeness (QED) is 0.468. The second-order valence-corrected chi connectivity index (χ2v) is 10.1. The van der Waals surface area contributed by atoms with Crippen LogP contribution in [0.5, 0.6) is 0 Å². The predicted octanol–water partition coefficient (Wildman–Crippen LogP) is 4.85. The van der Waals surface area contributed by atoms with Crippen LogP contribution < -0.4 is 5.32 Å². The van der Waals surface area contributed by atoms with Crippen LogP contribution in [-0.4, -0.2) is 37.7 Å². The Morgan fingerprint density at radius 1 is 1.15 bits per heavy atom. The van der Waals surface area contributed by atoms with Crippen LogP contribution >= 0.6 is 11.3 Å². The number of rotatable bonds is 5. The van der Waals surface area contributed by atoms with E-state index < -0.39 is 29.1 Å². The molecule has 1 fully saturated rings. The molecule has 3 aromatic heterocycles. The summed E-state index contributed by atoms with van der Waals surface area (Å²) in [4.78, 5) is 25.3. The summed E-state index contributed by atoms with van der Waals surface area (Å²) < 4.78 is 39.7. The number of nitrogens with zero attached hydrogens (tertiary/aromatic N) is 3. The fraction of sp³-hybridized carbons (Fsp3) is 0.478. The van der Waals surface area contributed by atoms with E-state index in [0.717, 1.165) is 42.8 Å². The second-order valence-electron chi connectivity index (χ2n) is 9.08. The average molecular weight is 495 g/mol. The van der Waals surface area contributed by atoms with Crippen molar-refractivity contribution in [2.45, 2.75) is 57.2 Å². The van der Waals surface area contributed by atoms with Crippen LogP contribution in [0.1, 0.15) is 72.3 Å². The Labute approximate surface area is 198 Å². The van der Waals surface area contributed by atoms with Gasteiger partial charge in [-0.25, -0.2) is 15.0 Å². The lowest BCUT2D eigenvalue weighted by molar-refractivity contribution is -0.141. The summed E-state index contributed by atoms with van der Waals surface area (Å²) in [5.41, 5.74) is -2.23. The molecule has 34 heavy (non-hydrogen) atoms. The van der Waals surface area contributed by atoms with Crippen molar-refractivity contribution in [3.63, 3.8) is 0 Å². The number of hydrogen-bond donors (Lipinski definition) is 3. The van der Waals surface area contributed by atoms with Crippen molar-refractivity contribution in [1.29, 1.82) is 0 Å². The minimum Gasteiger partial charge on any atom is -0.396 e. The number of hydrogen-bond acceptors (Lipinski definition) is 7. The molecule has 0 saturated heterocycles. The van der Waals surface area contributed by atoms with Crippen molar-refractivity contribution in [2.75, 3.05) is 11.9 Å². The summed E-state index contributed by atoms with van der Waals surface area (Å²) in [6, 6.07) is 4.74. The van der Waals surface area contributed by atoms with Crippen LogP contribution in [-0.2, 0) is 11.8 Å².